The molecule has 0 radical (unpaired) electrons. The van der Waals surface area contributed by atoms with Crippen molar-refractivity contribution < 1.29 is 9.59 Å². The van der Waals surface area contributed by atoms with E-state index >= 15 is 0 Å². The van der Waals surface area contributed by atoms with E-state index in [9.17, 15) is 9.59 Å². The molecule has 6 heteroatoms. The van der Waals surface area contributed by atoms with E-state index in [1.165, 1.54) is 24.8 Å². The number of nitriles is 1. The Balaban J connectivity index is 2.26. The highest BCUT2D eigenvalue weighted by Crippen LogP contribution is 2.31. The Morgan fingerprint density at radius 1 is 1.58 bits per heavy atom. The topological polar surface area (TPSA) is 61.2 Å². The van der Waals surface area contributed by atoms with Gasteiger partial charge in [-0.3, -0.25) is 9.59 Å². The third-order valence-electron chi connectivity index (χ3n) is 2.79. The van der Waals surface area contributed by atoms with E-state index in [1.807, 2.05) is 6.07 Å². The summed E-state index contributed by atoms with van der Waals surface area (Å²) in [6.45, 7) is 1.93. The van der Waals surface area contributed by atoms with Crippen LogP contribution in [-0.2, 0) is 9.59 Å². The minimum absolute atomic E-state index is 0.00346. The van der Waals surface area contributed by atoms with Crippen LogP contribution in [0.5, 0.6) is 0 Å². The average molecular weight is 295 g/mol. The van der Waals surface area contributed by atoms with E-state index in [2.05, 4.69) is 0 Å². The molecule has 1 aromatic carbocycles. The van der Waals surface area contributed by atoms with E-state index in [0.29, 0.717) is 29.2 Å². The van der Waals surface area contributed by atoms with Crippen molar-refractivity contribution in [1.82, 2.24) is 0 Å². The Labute approximate surface area is 120 Å². The van der Waals surface area contributed by atoms with Crippen molar-refractivity contribution in [2.24, 2.45) is 0 Å². The van der Waals surface area contributed by atoms with E-state index in [1.54, 1.807) is 17.0 Å². The molecule has 98 valence electrons. The fourth-order valence-electron chi connectivity index (χ4n) is 2.05. The zero-order valence-corrected chi connectivity index (χ0v) is 11.8. The first kappa shape index (κ1) is 13.9. The predicted octanol–water partition coefficient (Wildman–Crippen LogP) is 2.60. The van der Waals surface area contributed by atoms with Crippen molar-refractivity contribution in [3.63, 3.8) is 0 Å². The summed E-state index contributed by atoms with van der Waals surface area (Å²) in [5.74, 6) is -0.0717. The van der Waals surface area contributed by atoms with Crippen LogP contribution in [0.25, 0.3) is 0 Å². The third-order valence-corrected chi connectivity index (χ3v) is 4.01. The standard InChI is InChI=1S/C13H11ClN2O2S/c1-8(17)19-11-5-13(18)16(7-11)12-3-2-10(14)4-9(12)6-15/h2-4,11H,5,7H2,1H3. The molecule has 4 nitrogen and oxygen atoms in total. The van der Waals surface area contributed by atoms with Gasteiger partial charge in [-0.1, -0.05) is 23.4 Å². The van der Waals surface area contributed by atoms with Crippen molar-refractivity contribution in [1.29, 1.82) is 5.26 Å². The molecule has 1 saturated heterocycles. The largest absolute Gasteiger partial charge is 0.310 e. The van der Waals surface area contributed by atoms with Crippen LogP contribution >= 0.6 is 23.4 Å². The molecule has 1 atom stereocenters. The second kappa shape index (κ2) is 5.64. The summed E-state index contributed by atoms with van der Waals surface area (Å²) >= 11 is 7.00. The highest BCUT2D eigenvalue weighted by molar-refractivity contribution is 8.14. The van der Waals surface area contributed by atoms with E-state index in [0.717, 1.165) is 0 Å². The van der Waals surface area contributed by atoms with Crippen LogP contribution < -0.4 is 4.90 Å². The number of carbonyl (C=O) groups excluding carboxylic acids is 2. The molecule has 1 aromatic rings. The number of anilines is 1. The highest BCUT2D eigenvalue weighted by atomic mass is 35.5. The lowest BCUT2D eigenvalue weighted by molar-refractivity contribution is -0.117. The summed E-state index contributed by atoms with van der Waals surface area (Å²) in [4.78, 5) is 24.6. The maximum atomic E-state index is 12.0. The summed E-state index contributed by atoms with van der Waals surface area (Å²) < 4.78 is 0. The van der Waals surface area contributed by atoms with Crippen molar-refractivity contribution in [2.75, 3.05) is 11.4 Å². The number of benzene rings is 1. The number of nitrogens with zero attached hydrogens (tertiary/aromatic N) is 2. The zero-order valence-electron chi connectivity index (χ0n) is 10.2. The number of hydrogen-bond acceptors (Lipinski definition) is 4. The van der Waals surface area contributed by atoms with Gasteiger partial charge in [0.15, 0.2) is 5.12 Å². The number of thioether (sulfide) groups is 1. The molecule has 1 aliphatic rings. The Bertz CT molecular complexity index is 582. The van der Waals surface area contributed by atoms with Gasteiger partial charge in [-0.2, -0.15) is 5.26 Å². The molecule has 0 aliphatic carbocycles. The van der Waals surface area contributed by atoms with Gasteiger partial charge in [0.25, 0.3) is 0 Å². The Hall–Kier alpha value is -1.51. The van der Waals surface area contributed by atoms with Gasteiger partial charge in [0, 0.05) is 30.2 Å². The lowest BCUT2D eigenvalue weighted by Gasteiger charge is -2.17. The van der Waals surface area contributed by atoms with Gasteiger partial charge in [-0.25, -0.2) is 0 Å². The van der Waals surface area contributed by atoms with Gasteiger partial charge >= 0.3 is 0 Å². The molecule has 0 bridgehead atoms. The Morgan fingerprint density at radius 3 is 2.95 bits per heavy atom. The smallest absolute Gasteiger partial charge is 0.228 e. The van der Waals surface area contributed by atoms with Crippen LogP contribution in [0.15, 0.2) is 18.2 Å². The number of hydrogen-bond donors (Lipinski definition) is 0. The summed E-state index contributed by atoms with van der Waals surface area (Å²) in [7, 11) is 0. The lowest BCUT2D eigenvalue weighted by atomic mass is 10.2. The average Bonchev–Trinajstić information content (AvgIpc) is 2.69. The SMILES string of the molecule is CC(=O)SC1CC(=O)N(c2ccc(Cl)cc2C#N)C1. The first-order valence-electron chi connectivity index (χ1n) is 5.68. The number of amides is 1. The molecule has 1 unspecified atom stereocenters. The van der Waals surface area contributed by atoms with Crippen molar-refractivity contribution in [3.8, 4) is 6.07 Å². The fraction of sp³-hybridized carbons (Fsp3) is 0.308. The van der Waals surface area contributed by atoms with Gasteiger partial charge in [0.1, 0.15) is 6.07 Å². The monoisotopic (exact) mass is 294 g/mol. The van der Waals surface area contributed by atoms with Crippen LogP contribution in [0.4, 0.5) is 5.69 Å². The zero-order chi connectivity index (χ0) is 14.0. The van der Waals surface area contributed by atoms with Gasteiger partial charge in [-0.15, -0.1) is 0 Å². The van der Waals surface area contributed by atoms with E-state index in [4.69, 9.17) is 16.9 Å². The van der Waals surface area contributed by atoms with Gasteiger partial charge in [0.2, 0.25) is 5.91 Å². The molecule has 2 rings (SSSR count). The molecule has 0 N–H and O–H groups in total. The van der Waals surface area contributed by atoms with Gasteiger partial charge in [0.05, 0.1) is 11.3 Å². The van der Waals surface area contributed by atoms with Crippen molar-refractivity contribution >= 4 is 40.1 Å². The molecule has 1 fully saturated rings. The second-order valence-electron chi connectivity index (χ2n) is 4.21. The summed E-state index contributed by atoms with van der Waals surface area (Å²) in [6.07, 6.45) is 0.317. The van der Waals surface area contributed by atoms with Gasteiger partial charge in [-0.05, 0) is 18.2 Å². The van der Waals surface area contributed by atoms with Crippen LogP contribution in [0.3, 0.4) is 0 Å². The molecule has 1 aliphatic heterocycles. The lowest BCUT2D eigenvalue weighted by Crippen LogP contribution is -2.25. The number of halogens is 1. The number of carbonyl (C=O) groups is 2. The molecule has 0 saturated carbocycles. The van der Waals surface area contributed by atoms with E-state index < -0.39 is 0 Å². The maximum Gasteiger partial charge on any atom is 0.228 e. The molecular formula is C13H11ClN2O2S. The fourth-order valence-corrected chi connectivity index (χ4v) is 3.15. The first-order chi connectivity index (χ1) is 9.01. The normalized spacial score (nSPS) is 18.5. The molecule has 19 heavy (non-hydrogen) atoms. The third kappa shape index (κ3) is 3.09. The summed E-state index contributed by atoms with van der Waals surface area (Å²) in [5.41, 5.74) is 0.929. The molecular weight excluding hydrogens is 284 g/mol. The first-order valence-corrected chi connectivity index (χ1v) is 6.94. The summed E-state index contributed by atoms with van der Waals surface area (Å²) in [6, 6.07) is 6.89. The summed E-state index contributed by atoms with van der Waals surface area (Å²) in [5, 5.41) is 9.50. The quantitative estimate of drug-likeness (QED) is 0.841. The molecule has 0 spiro atoms. The highest BCUT2D eigenvalue weighted by Gasteiger charge is 2.33. The van der Waals surface area contributed by atoms with E-state index in [-0.39, 0.29) is 16.3 Å². The predicted molar refractivity (Wildman–Crippen MR) is 75.2 cm³/mol. The Morgan fingerprint density at radius 2 is 2.32 bits per heavy atom. The van der Waals surface area contributed by atoms with Gasteiger partial charge < -0.3 is 4.90 Å². The van der Waals surface area contributed by atoms with Crippen LogP contribution in [0.1, 0.15) is 18.9 Å². The molecule has 1 amide bonds. The molecule has 0 aromatic heterocycles. The van der Waals surface area contributed by atoms with Crippen molar-refractivity contribution in [3.05, 3.63) is 28.8 Å². The maximum absolute atomic E-state index is 12.0. The van der Waals surface area contributed by atoms with Crippen LogP contribution in [0, 0.1) is 11.3 Å². The molecule has 1 heterocycles. The minimum atomic E-state index is -0.0717. The Kier molecular flexibility index (Phi) is 4.13. The van der Waals surface area contributed by atoms with Crippen LogP contribution in [-0.4, -0.2) is 22.8 Å². The second-order valence-corrected chi connectivity index (χ2v) is 6.13. The van der Waals surface area contributed by atoms with Crippen LogP contribution in [0.2, 0.25) is 5.02 Å². The minimum Gasteiger partial charge on any atom is -0.310 e. The van der Waals surface area contributed by atoms with Crippen molar-refractivity contribution in [2.45, 2.75) is 18.6 Å². The number of rotatable bonds is 2.